The molecule has 0 aliphatic heterocycles. The molecule has 3 heteroatoms. The highest BCUT2D eigenvalue weighted by Gasteiger charge is 2.31. The first-order chi connectivity index (χ1) is 11.4. The van der Waals surface area contributed by atoms with Crippen LogP contribution >= 0.6 is 0 Å². The molecule has 0 radical (unpaired) electrons. The number of carbonyl (C=O) groups excluding carboxylic acids is 1. The van der Waals surface area contributed by atoms with Crippen LogP contribution in [-0.4, -0.2) is 12.1 Å². The van der Waals surface area contributed by atoms with Gasteiger partial charge in [-0.15, -0.1) is 0 Å². The minimum Gasteiger partial charge on any atom is -0.293 e. The number of unbranched alkanes of at least 4 members (excludes halogenated alkanes) is 1. The molecule has 0 saturated heterocycles. The molecular formula is C21H32O3. The van der Waals surface area contributed by atoms with E-state index in [0.717, 1.165) is 38.0 Å². The molecule has 0 spiro atoms. The van der Waals surface area contributed by atoms with E-state index in [0.29, 0.717) is 11.0 Å². The van der Waals surface area contributed by atoms with E-state index in [9.17, 15) is 4.79 Å². The van der Waals surface area contributed by atoms with Crippen molar-refractivity contribution in [2.24, 2.45) is 11.3 Å². The standard InChI is InChI=1S/C21H32O3/c1-5-6-7-16-8-10-17(11-9-16)20(22)24-23-19-14-12-18(13-15-19)21(2,3)4/h8-11,18-19H,5-7,12-15H2,1-4H3. The third-order valence-corrected chi connectivity index (χ3v) is 5.17. The summed E-state index contributed by atoms with van der Waals surface area (Å²) >= 11 is 0. The van der Waals surface area contributed by atoms with Gasteiger partial charge in [-0.2, -0.15) is 4.89 Å². The average Bonchev–Trinajstić information content (AvgIpc) is 2.58. The summed E-state index contributed by atoms with van der Waals surface area (Å²) in [4.78, 5) is 22.6. The van der Waals surface area contributed by atoms with Crippen molar-refractivity contribution in [2.75, 3.05) is 0 Å². The average molecular weight is 332 g/mol. The number of aryl methyl sites for hydroxylation is 1. The molecular weight excluding hydrogens is 300 g/mol. The van der Waals surface area contributed by atoms with Crippen molar-refractivity contribution in [3.8, 4) is 0 Å². The van der Waals surface area contributed by atoms with Gasteiger partial charge in [0.15, 0.2) is 0 Å². The van der Waals surface area contributed by atoms with Gasteiger partial charge < -0.3 is 0 Å². The topological polar surface area (TPSA) is 35.5 Å². The molecule has 0 N–H and O–H groups in total. The van der Waals surface area contributed by atoms with Gasteiger partial charge in [-0.3, -0.25) is 4.89 Å². The molecule has 1 aliphatic carbocycles. The Balaban J connectivity index is 1.75. The third kappa shape index (κ3) is 5.62. The fraction of sp³-hybridized carbons (Fsp3) is 0.667. The van der Waals surface area contributed by atoms with Gasteiger partial charge in [0.05, 0.1) is 5.56 Å². The fourth-order valence-electron chi connectivity index (χ4n) is 3.37. The lowest BCUT2D eigenvalue weighted by molar-refractivity contribution is -0.281. The highest BCUT2D eigenvalue weighted by molar-refractivity contribution is 5.88. The summed E-state index contributed by atoms with van der Waals surface area (Å²) < 4.78 is 0. The molecule has 1 fully saturated rings. The van der Waals surface area contributed by atoms with Gasteiger partial charge in [-0.05, 0) is 67.6 Å². The predicted molar refractivity (Wildman–Crippen MR) is 96.8 cm³/mol. The summed E-state index contributed by atoms with van der Waals surface area (Å²) in [5, 5.41) is 0. The van der Waals surface area contributed by atoms with Crippen molar-refractivity contribution in [1.82, 2.24) is 0 Å². The Hall–Kier alpha value is -1.35. The zero-order chi connectivity index (χ0) is 17.6. The normalized spacial score (nSPS) is 21.5. The molecule has 0 unspecified atom stereocenters. The quantitative estimate of drug-likeness (QED) is 0.493. The lowest BCUT2D eigenvalue weighted by atomic mass is 9.72. The second-order valence-corrected chi connectivity index (χ2v) is 8.11. The molecule has 1 saturated carbocycles. The van der Waals surface area contributed by atoms with E-state index in [1.54, 1.807) is 0 Å². The molecule has 0 heterocycles. The van der Waals surface area contributed by atoms with E-state index >= 15 is 0 Å². The van der Waals surface area contributed by atoms with Crippen LogP contribution in [0.4, 0.5) is 0 Å². The van der Waals surface area contributed by atoms with Crippen molar-refractivity contribution in [3.05, 3.63) is 35.4 Å². The van der Waals surface area contributed by atoms with E-state index in [2.05, 4.69) is 27.7 Å². The van der Waals surface area contributed by atoms with Crippen molar-refractivity contribution < 1.29 is 14.6 Å². The maximum atomic E-state index is 12.1. The monoisotopic (exact) mass is 332 g/mol. The molecule has 134 valence electrons. The third-order valence-electron chi connectivity index (χ3n) is 5.17. The molecule has 0 bridgehead atoms. The molecule has 1 aromatic carbocycles. The Bertz CT molecular complexity index is 505. The van der Waals surface area contributed by atoms with Crippen LogP contribution in [0.3, 0.4) is 0 Å². The Kier molecular flexibility index (Phi) is 6.85. The lowest BCUT2D eigenvalue weighted by Crippen LogP contribution is -2.29. The van der Waals surface area contributed by atoms with E-state index in [4.69, 9.17) is 9.78 Å². The summed E-state index contributed by atoms with van der Waals surface area (Å²) in [5.41, 5.74) is 2.16. The highest BCUT2D eigenvalue weighted by Crippen LogP contribution is 2.38. The van der Waals surface area contributed by atoms with Gasteiger partial charge in [0, 0.05) is 0 Å². The van der Waals surface area contributed by atoms with Crippen LogP contribution in [-0.2, 0) is 16.2 Å². The number of hydrogen-bond donors (Lipinski definition) is 0. The Morgan fingerprint density at radius 1 is 1.08 bits per heavy atom. The van der Waals surface area contributed by atoms with Crippen molar-refractivity contribution in [3.63, 3.8) is 0 Å². The first kappa shape index (κ1) is 19.0. The number of benzene rings is 1. The zero-order valence-corrected chi connectivity index (χ0v) is 15.6. The maximum absolute atomic E-state index is 12.1. The van der Waals surface area contributed by atoms with Crippen LogP contribution < -0.4 is 0 Å². The molecule has 3 nitrogen and oxygen atoms in total. The summed E-state index contributed by atoms with van der Waals surface area (Å²) in [5.74, 6) is 0.332. The van der Waals surface area contributed by atoms with Crippen LogP contribution in [0.2, 0.25) is 0 Å². The first-order valence-electron chi connectivity index (χ1n) is 9.36. The Labute approximate surface area is 146 Å². The first-order valence-corrected chi connectivity index (χ1v) is 9.36. The molecule has 24 heavy (non-hydrogen) atoms. The SMILES string of the molecule is CCCCc1ccc(C(=O)OOC2CCC(C(C)(C)C)CC2)cc1. The Morgan fingerprint density at radius 3 is 2.25 bits per heavy atom. The van der Waals surface area contributed by atoms with E-state index in [1.807, 2.05) is 24.3 Å². The van der Waals surface area contributed by atoms with Gasteiger partial charge in [0.2, 0.25) is 0 Å². The van der Waals surface area contributed by atoms with Gasteiger partial charge >= 0.3 is 5.97 Å². The smallest absolute Gasteiger partial charge is 0.293 e. The summed E-state index contributed by atoms with van der Waals surface area (Å²) in [6.45, 7) is 9.06. The molecule has 0 atom stereocenters. The minimum absolute atomic E-state index is 0.0383. The maximum Gasteiger partial charge on any atom is 0.373 e. The van der Waals surface area contributed by atoms with Crippen LogP contribution in [0, 0.1) is 11.3 Å². The fourth-order valence-corrected chi connectivity index (χ4v) is 3.37. The van der Waals surface area contributed by atoms with Crippen LogP contribution in [0.5, 0.6) is 0 Å². The second-order valence-electron chi connectivity index (χ2n) is 8.11. The van der Waals surface area contributed by atoms with E-state index < -0.39 is 5.97 Å². The summed E-state index contributed by atoms with van der Waals surface area (Å²) in [6, 6.07) is 7.65. The van der Waals surface area contributed by atoms with Crippen molar-refractivity contribution in [2.45, 2.75) is 78.7 Å². The second kappa shape index (κ2) is 8.66. The molecule has 0 aromatic heterocycles. The molecule has 1 aromatic rings. The van der Waals surface area contributed by atoms with Gasteiger partial charge in [0.1, 0.15) is 6.10 Å². The predicted octanol–water partition coefficient (Wildman–Crippen LogP) is 5.72. The largest absolute Gasteiger partial charge is 0.373 e. The highest BCUT2D eigenvalue weighted by atomic mass is 17.2. The van der Waals surface area contributed by atoms with Crippen molar-refractivity contribution >= 4 is 5.97 Å². The van der Waals surface area contributed by atoms with Crippen LogP contribution in [0.25, 0.3) is 0 Å². The lowest BCUT2D eigenvalue weighted by Gasteiger charge is -2.36. The van der Waals surface area contributed by atoms with Gasteiger partial charge in [0.25, 0.3) is 0 Å². The summed E-state index contributed by atoms with van der Waals surface area (Å²) in [6.07, 6.45) is 7.64. The van der Waals surface area contributed by atoms with E-state index in [-0.39, 0.29) is 6.10 Å². The number of rotatable bonds is 6. The number of hydrogen-bond acceptors (Lipinski definition) is 3. The van der Waals surface area contributed by atoms with Crippen molar-refractivity contribution in [1.29, 1.82) is 0 Å². The minimum atomic E-state index is -0.394. The summed E-state index contributed by atoms with van der Waals surface area (Å²) in [7, 11) is 0. The van der Waals surface area contributed by atoms with Gasteiger partial charge in [-0.1, -0.05) is 46.2 Å². The Morgan fingerprint density at radius 2 is 1.71 bits per heavy atom. The zero-order valence-electron chi connectivity index (χ0n) is 15.6. The van der Waals surface area contributed by atoms with E-state index in [1.165, 1.54) is 18.4 Å². The van der Waals surface area contributed by atoms with Gasteiger partial charge in [-0.25, -0.2) is 4.79 Å². The molecule has 0 amide bonds. The number of carbonyl (C=O) groups is 1. The van der Waals surface area contributed by atoms with Crippen LogP contribution in [0.15, 0.2) is 24.3 Å². The molecule has 1 aliphatic rings. The molecule has 2 rings (SSSR count). The van der Waals surface area contributed by atoms with Crippen LogP contribution in [0.1, 0.15) is 82.1 Å².